The molecule has 68 valence electrons. The van der Waals surface area contributed by atoms with Crippen LogP contribution >= 0.6 is 0 Å². The number of aliphatic hydroxyl groups is 3. The van der Waals surface area contributed by atoms with Gasteiger partial charge >= 0.3 is 0 Å². The number of rotatable bonds is 6. The van der Waals surface area contributed by atoms with Crippen molar-refractivity contribution in [2.45, 2.75) is 5.91 Å². The highest BCUT2D eigenvalue weighted by Crippen LogP contribution is 1.79. The Hall–Kier alpha value is -0.280. The van der Waals surface area contributed by atoms with E-state index in [0.717, 1.165) is 0 Å². The molecule has 8 N–H and O–H groups in total. The van der Waals surface area contributed by atoms with Crippen molar-refractivity contribution >= 4 is 0 Å². The molecule has 0 aromatic carbocycles. The molecule has 0 saturated carbocycles. The van der Waals surface area contributed by atoms with Gasteiger partial charge in [0.05, 0.1) is 20.2 Å². The maximum atomic E-state index is 8.42. The van der Waals surface area contributed by atoms with Crippen LogP contribution in [0, 0.1) is 0 Å². The lowest BCUT2D eigenvalue weighted by Gasteiger charge is -2.30. The van der Waals surface area contributed by atoms with Gasteiger partial charge in [-0.15, -0.1) is 0 Å². The Labute approximate surface area is 64.2 Å². The second kappa shape index (κ2) is 5.38. The van der Waals surface area contributed by atoms with Gasteiger partial charge in [-0.05, 0) is 0 Å². The third-order valence-electron chi connectivity index (χ3n) is 1.07. The molecule has 0 radical (unpaired) electrons. The first-order chi connectivity index (χ1) is 5.18. The summed E-state index contributed by atoms with van der Waals surface area (Å²) in [6.07, 6.45) is 0. The summed E-state index contributed by atoms with van der Waals surface area (Å²) >= 11 is 0. The lowest BCUT2D eigenvalue weighted by Crippen LogP contribution is -2.73. The van der Waals surface area contributed by atoms with Crippen LogP contribution in [0.2, 0.25) is 0 Å². The molecule has 7 nitrogen and oxygen atoms in total. The van der Waals surface area contributed by atoms with E-state index in [-0.39, 0.29) is 20.2 Å². The molecular formula is C4H14N4O3. The van der Waals surface area contributed by atoms with E-state index < -0.39 is 5.91 Å². The van der Waals surface area contributed by atoms with Crippen molar-refractivity contribution in [1.29, 1.82) is 0 Å². The Morgan fingerprint density at radius 3 is 1.36 bits per heavy atom. The highest BCUT2D eigenvalue weighted by atomic mass is 16.3. The van der Waals surface area contributed by atoms with E-state index >= 15 is 0 Å². The Balaban J connectivity index is 3.79. The average molecular weight is 166 g/mol. The minimum atomic E-state index is -1.35. The van der Waals surface area contributed by atoms with Gasteiger partial charge in [-0.2, -0.15) is 0 Å². The number of nitrogens with two attached hydrogens (primary N) is 1. The second-order valence-electron chi connectivity index (χ2n) is 1.81. The molecule has 0 aromatic heterocycles. The zero-order valence-corrected chi connectivity index (χ0v) is 6.04. The summed E-state index contributed by atoms with van der Waals surface area (Å²) in [6.45, 7) is -1.14. The maximum Gasteiger partial charge on any atom is 0.184 e. The molecule has 0 bridgehead atoms. The summed E-state index contributed by atoms with van der Waals surface area (Å²) in [5.41, 5.74) is 5.42. The van der Waals surface area contributed by atoms with Crippen molar-refractivity contribution in [3.05, 3.63) is 0 Å². The summed E-state index contributed by atoms with van der Waals surface area (Å²) in [6, 6.07) is 0. The first kappa shape index (κ1) is 10.7. The van der Waals surface area contributed by atoms with Gasteiger partial charge in [-0.25, -0.2) is 0 Å². The van der Waals surface area contributed by atoms with Crippen molar-refractivity contribution in [2.24, 2.45) is 5.73 Å². The van der Waals surface area contributed by atoms with Crippen molar-refractivity contribution < 1.29 is 15.3 Å². The second-order valence-corrected chi connectivity index (χ2v) is 1.81. The van der Waals surface area contributed by atoms with E-state index in [1.807, 2.05) is 0 Å². The highest BCUT2D eigenvalue weighted by molar-refractivity contribution is 4.70. The van der Waals surface area contributed by atoms with E-state index in [1.54, 1.807) is 0 Å². The quantitative estimate of drug-likeness (QED) is 0.202. The van der Waals surface area contributed by atoms with Crippen LogP contribution in [0.1, 0.15) is 0 Å². The lowest BCUT2D eigenvalue weighted by molar-refractivity contribution is 0.0734. The normalized spacial score (nSPS) is 12.0. The van der Waals surface area contributed by atoms with E-state index in [0.29, 0.717) is 0 Å². The molecule has 0 saturated heterocycles. The lowest BCUT2D eigenvalue weighted by atomic mass is 10.6. The predicted octanol–water partition coefficient (Wildman–Crippen LogP) is -3.83. The van der Waals surface area contributed by atoms with Gasteiger partial charge in [-0.1, -0.05) is 0 Å². The fourth-order valence-corrected chi connectivity index (χ4v) is 0.562. The minimum Gasteiger partial charge on any atom is -0.381 e. The topological polar surface area (TPSA) is 123 Å². The van der Waals surface area contributed by atoms with Crippen molar-refractivity contribution in [1.82, 2.24) is 16.0 Å². The predicted molar refractivity (Wildman–Crippen MR) is 37.6 cm³/mol. The summed E-state index contributed by atoms with van der Waals surface area (Å²) < 4.78 is 0. The number of nitrogens with one attached hydrogen (secondary N) is 3. The molecule has 0 aromatic rings. The Morgan fingerprint density at radius 2 is 1.18 bits per heavy atom. The molecule has 0 aliphatic heterocycles. The fourth-order valence-electron chi connectivity index (χ4n) is 0.562. The third kappa shape index (κ3) is 4.22. The molecule has 0 amide bonds. The molecule has 11 heavy (non-hydrogen) atoms. The van der Waals surface area contributed by atoms with Crippen LogP contribution < -0.4 is 21.7 Å². The minimum absolute atomic E-state index is 0.378. The summed E-state index contributed by atoms with van der Waals surface area (Å²) in [5, 5.41) is 32.3. The molecule has 0 aliphatic carbocycles. The van der Waals surface area contributed by atoms with Gasteiger partial charge in [0.25, 0.3) is 0 Å². The number of hydrogen-bond donors (Lipinski definition) is 7. The van der Waals surface area contributed by atoms with Crippen LogP contribution in [0.15, 0.2) is 0 Å². The van der Waals surface area contributed by atoms with Gasteiger partial charge < -0.3 is 15.3 Å². The molecule has 0 atom stereocenters. The smallest absolute Gasteiger partial charge is 0.184 e. The molecule has 0 heterocycles. The Bertz CT molecular complexity index is 84.3. The fraction of sp³-hybridized carbons (Fsp3) is 1.00. The van der Waals surface area contributed by atoms with Gasteiger partial charge in [-0.3, -0.25) is 21.7 Å². The van der Waals surface area contributed by atoms with E-state index in [1.165, 1.54) is 0 Å². The van der Waals surface area contributed by atoms with Crippen LogP contribution in [0.3, 0.4) is 0 Å². The Morgan fingerprint density at radius 1 is 0.909 bits per heavy atom. The van der Waals surface area contributed by atoms with Gasteiger partial charge in [0, 0.05) is 0 Å². The first-order valence-electron chi connectivity index (χ1n) is 3.05. The summed E-state index contributed by atoms with van der Waals surface area (Å²) in [4.78, 5) is 0. The van der Waals surface area contributed by atoms with Gasteiger partial charge in [0.1, 0.15) is 0 Å². The molecule has 0 rings (SSSR count). The van der Waals surface area contributed by atoms with Crippen LogP contribution in [-0.4, -0.2) is 41.4 Å². The zero-order valence-electron chi connectivity index (χ0n) is 6.04. The van der Waals surface area contributed by atoms with E-state index in [4.69, 9.17) is 21.1 Å². The van der Waals surface area contributed by atoms with Crippen LogP contribution in [0.5, 0.6) is 0 Å². The van der Waals surface area contributed by atoms with Crippen LogP contribution in [-0.2, 0) is 0 Å². The van der Waals surface area contributed by atoms with Crippen molar-refractivity contribution in [2.75, 3.05) is 20.2 Å². The summed E-state index contributed by atoms with van der Waals surface area (Å²) in [7, 11) is 0. The molecule has 0 aliphatic rings. The molecule has 0 fully saturated rings. The first-order valence-corrected chi connectivity index (χ1v) is 3.05. The zero-order chi connectivity index (χ0) is 8.74. The van der Waals surface area contributed by atoms with E-state index in [2.05, 4.69) is 16.0 Å². The largest absolute Gasteiger partial charge is 0.381 e. The number of hydrogen-bond acceptors (Lipinski definition) is 7. The number of aliphatic hydroxyl groups excluding tert-OH is 3. The monoisotopic (exact) mass is 166 g/mol. The Kier molecular flexibility index (Phi) is 5.24. The highest BCUT2D eigenvalue weighted by Gasteiger charge is 2.20. The maximum absolute atomic E-state index is 8.42. The van der Waals surface area contributed by atoms with Crippen molar-refractivity contribution in [3.8, 4) is 0 Å². The average Bonchev–Trinajstić information content (AvgIpc) is 1.88. The standard InChI is InChI=1S/C4H14N4O3/c5-4(6-1-9,7-2-10)8-3-11/h6-11H,1-3,5H2. The van der Waals surface area contributed by atoms with Crippen molar-refractivity contribution in [3.63, 3.8) is 0 Å². The van der Waals surface area contributed by atoms with E-state index in [9.17, 15) is 0 Å². The summed E-state index contributed by atoms with van der Waals surface area (Å²) in [5.74, 6) is -1.35. The van der Waals surface area contributed by atoms with Crippen LogP contribution in [0.4, 0.5) is 0 Å². The third-order valence-corrected chi connectivity index (χ3v) is 1.07. The van der Waals surface area contributed by atoms with Crippen LogP contribution in [0.25, 0.3) is 0 Å². The van der Waals surface area contributed by atoms with Gasteiger partial charge in [0.2, 0.25) is 0 Å². The molecule has 0 spiro atoms. The molecule has 0 unspecified atom stereocenters. The molecular weight excluding hydrogens is 152 g/mol. The SMILES string of the molecule is NC(NCO)(NCO)NCO. The van der Waals surface area contributed by atoms with Gasteiger partial charge in [0.15, 0.2) is 5.91 Å². The molecule has 7 heteroatoms.